The number of rotatable bonds is 4. The van der Waals surface area contributed by atoms with Gasteiger partial charge in [-0.25, -0.2) is 14.4 Å². The van der Waals surface area contributed by atoms with E-state index in [1.165, 1.54) is 6.07 Å². The lowest BCUT2D eigenvalue weighted by Gasteiger charge is -2.08. The number of hydrogen-bond donors (Lipinski definition) is 1. The van der Waals surface area contributed by atoms with E-state index in [0.717, 1.165) is 6.07 Å². The molecule has 2 rings (SSSR count). The third-order valence-electron chi connectivity index (χ3n) is 2.77. The Balaban J connectivity index is 2.24. The first-order valence-corrected chi connectivity index (χ1v) is 5.94. The Morgan fingerprint density at radius 1 is 1.40 bits per heavy atom. The minimum Gasteiger partial charge on any atom is -0.374 e. The topological polar surface area (TPSA) is 81.0 Å². The van der Waals surface area contributed by atoms with Crippen LogP contribution >= 0.6 is 0 Å². The molecule has 1 aromatic heterocycles. The molecule has 1 heterocycles. The largest absolute Gasteiger partial charge is 0.374 e. The molecule has 0 fully saturated rings. The molecule has 0 aliphatic heterocycles. The molecule has 20 heavy (non-hydrogen) atoms. The van der Waals surface area contributed by atoms with E-state index in [1.54, 1.807) is 26.1 Å². The number of nitro benzene ring substituents is 1. The zero-order chi connectivity index (χ0) is 14.7. The minimum absolute atomic E-state index is 0.269. The van der Waals surface area contributed by atoms with Gasteiger partial charge in [-0.15, -0.1) is 0 Å². The number of benzene rings is 1. The summed E-state index contributed by atoms with van der Waals surface area (Å²) in [6, 6.07) is 4.05. The predicted molar refractivity (Wildman–Crippen MR) is 71.9 cm³/mol. The molecule has 104 valence electrons. The lowest BCUT2D eigenvalue weighted by Crippen LogP contribution is -2.06. The van der Waals surface area contributed by atoms with Gasteiger partial charge in [0.05, 0.1) is 23.2 Å². The lowest BCUT2D eigenvalue weighted by molar-refractivity contribution is -0.384. The molecule has 0 saturated carbocycles. The molecule has 0 aliphatic carbocycles. The van der Waals surface area contributed by atoms with Crippen molar-refractivity contribution in [3.05, 3.63) is 57.4 Å². The molecule has 1 aromatic carbocycles. The van der Waals surface area contributed by atoms with Crippen molar-refractivity contribution >= 4 is 11.4 Å². The van der Waals surface area contributed by atoms with Gasteiger partial charge in [0.25, 0.3) is 5.69 Å². The Kier molecular flexibility index (Phi) is 3.88. The van der Waals surface area contributed by atoms with Gasteiger partial charge in [0.2, 0.25) is 0 Å². The van der Waals surface area contributed by atoms with Crippen LogP contribution in [0.3, 0.4) is 0 Å². The number of anilines is 1. The second kappa shape index (κ2) is 5.60. The number of nitrogens with zero attached hydrogens (tertiary/aromatic N) is 3. The lowest BCUT2D eigenvalue weighted by atomic mass is 10.1. The highest BCUT2D eigenvalue weighted by Gasteiger charge is 2.16. The smallest absolute Gasteiger partial charge is 0.295 e. The van der Waals surface area contributed by atoms with Gasteiger partial charge in [-0.1, -0.05) is 0 Å². The summed E-state index contributed by atoms with van der Waals surface area (Å²) in [6.45, 7) is 3.61. The molecular weight excluding hydrogens is 263 g/mol. The van der Waals surface area contributed by atoms with Crippen molar-refractivity contribution in [1.82, 2.24) is 9.97 Å². The average molecular weight is 276 g/mol. The summed E-state index contributed by atoms with van der Waals surface area (Å²) in [5.41, 5.74) is 1.02. The monoisotopic (exact) mass is 276 g/mol. The van der Waals surface area contributed by atoms with Crippen molar-refractivity contribution in [3.63, 3.8) is 0 Å². The summed E-state index contributed by atoms with van der Waals surface area (Å²) < 4.78 is 13.4. The van der Waals surface area contributed by atoms with Crippen molar-refractivity contribution < 1.29 is 9.31 Å². The number of halogens is 1. The van der Waals surface area contributed by atoms with E-state index >= 15 is 0 Å². The molecule has 0 bridgehead atoms. The molecule has 0 radical (unpaired) electrons. The Labute approximate surface area is 114 Å². The normalized spacial score (nSPS) is 10.3. The molecule has 6 nitrogen and oxygen atoms in total. The highest BCUT2D eigenvalue weighted by molar-refractivity contribution is 5.63. The third kappa shape index (κ3) is 3.05. The number of nitro groups is 1. The fourth-order valence-electron chi connectivity index (χ4n) is 1.75. The molecule has 0 atom stereocenters. The van der Waals surface area contributed by atoms with E-state index in [9.17, 15) is 14.5 Å². The zero-order valence-corrected chi connectivity index (χ0v) is 11.1. The van der Waals surface area contributed by atoms with Crippen LogP contribution in [0.15, 0.2) is 24.4 Å². The van der Waals surface area contributed by atoms with E-state index in [1.807, 2.05) is 0 Å². The van der Waals surface area contributed by atoms with Crippen LogP contribution in [0.2, 0.25) is 0 Å². The van der Waals surface area contributed by atoms with Gasteiger partial charge in [0, 0.05) is 6.20 Å². The maximum Gasteiger partial charge on any atom is 0.295 e. The molecule has 2 aromatic rings. The fourth-order valence-corrected chi connectivity index (χ4v) is 1.75. The van der Waals surface area contributed by atoms with Gasteiger partial charge >= 0.3 is 0 Å². The number of aryl methyl sites for hydroxylation is 2. The van der Waals surface area contributed by atoms with Crippen LogP contribution in [0.1, 0.15) is 17.1 Å². The van der Waals surface area contributed by atoms with Crippen LogP contribution in [0.4, 0.5) is 15.8 Å². The molecule has 0 amide bonds. The van der Waals surface area contributed by atoms with Crippen molar-refractivity contribution in [1.29, 1.82) is 0 Å². The van der Waals surface area contributed by atoms with Gasteiger partial charge < -0.3 is 5.32 Å². The van der Waals surface area contributed by atoms with Gasteiger partial charge in [0.15, 0.2) is 0 Å². The van der Waals surface area contributed by atoms with Gasteiger partial charge in [-0.2, -0.15) is 0 Å². The maximum absolute atomic E-state index is 13.4. The number of aromatic nitrogens is 2. The average Bonchev–Trinajstić information content (AvgIpc) is 2.39. The molecular formula is C13H13FN4O2. The first-order chi connectivity index (χ1) is 9.47. The SMILES string of the molecule is Cc1nccc(CNc2cc(C)c(F)cc2[N+](=O)[O-])n1. The van der Waals surface area contributed by atoms with Crippen LogP contribution in [0, 0.1) is 29.8 Å². The quantitative estimate of drug-likeness (QED) is 0.686. The van der Waals surface area contributed by atoms with Crippen molar-refractivity contribution in [2.24, 2.45) is 0 Å². The fraction of sp³-hybridized carbons (Fsp3) is 0.231. The van der Waals surface area contributed by atoms with Crippen molar-refractivity contribution in [3.8, 4) is 0 Å². The summed E-state index contributed by atoms with van der Waals surface area (Å²) in [7, 11) is 0. The van der Waals surface area contributed by atoms with Crippen LogP contribution in [-0.2, 0) is 6.54 Å². The van der Waals surface area contributed by atoms with Crippen molar-refractivity contribution in [2.75, 3.05) is 5.32 Å². The first-order valence-electron chi connectivity index (χ1n) is 5.94. The highest BCUT2D eigenvalue weighted by atomic mass is 19.1. The predicted octanol–water partition coefficient (Wildman–Crippen LogP) is 2.75. The highest BCUT2D eigenvalue weighted by Crippen LogP contribution is 2.27. The number of hydrogen-bond acceptors (Lipinski definition) is 5. The summed E-state index contributed by atoms with van der Waals surface area (Å²) in [5.74, 6) is 0.0224. The minimum atomic E-state index is -0.615. The summed E-state index contributed by atoms with van der Waals surface area (Å²) in [4.78, 5) is 18.5. The van der Waals surface area contributed by atoms with E-state index < -0.39 is 10.7 Å². The van der Waals surface area contributed by atoms with E-state index in [4.69, 9.17) is 0 Å². The molecule has 1 N–H and O–H groups in total. The van der Waals surface area contributed by atoms with E-state index in [-0.39, 0.29) is 11.4 Å². The van der Waals surface area contributed by atoms with Crippen LogP contribution in [-0.4, -0.2) is 14.9 Å². The molecule has 0 spiro atoms. The van der Waals surface area contributed by atoms with Crippen LogP contribution in [0.25, 0.3) is 0 Å². The summed E-state index contributed by atoms with van der Waals surface area (Å²) in [6.07, 6.45) is 1.61. The Morgan fingerprint density at radius 2 is 2.15 bits per heavy atom. The van der Waals surface area contributed by atoms with Crippen LogP contribution in [0.5, 0.6) is 0 Å². The van der Waals surface area contributed by atoms with E-state index in [2.05, 4.69) is 15.3 Å². The van der Waals surface area contributed by atoms with Gasteiger partial charge in [-0.3, -0.25) is 10.1 Å². The Morgan fingerprint density at radius 3 is 2.80 bits per heavy atom. The zero-order valence-electron chi connectivity index (χ0n) is 11.1. The number of nitrogens with one attached hydrogen (secondary N) is 1. The van der Waals surface area contributed by atoms with Gasteiger partial charge in [-0.05, 0) is 31.5 Å². The third-order valence-corrected chi connectivity index (χ3v) is 2.77. The molecule has 0 saturated heterocycles. The Hall–Kier alpha value is -2.57. The molecule has 0 aliphatic rings. The summed E-state index contributed by atoms with van der Waals surface area (Å²) >= 11 is 0. The second-order valence-corrected chi connectivity index (χ2v) is 4.32. The standard InChI is InChI=1S/C13H13FN4O2/c1-8-5-12(13(18(19)20)6-11(8)14)16-7-10-3-4-15-9(2)17-10/h3-6,16H,7H2,1-2H3. The maximum atomic E-state index is 13.4. The van der Waals surface area contributed by atoms with Crippen molar-refractivity contribution in [2.45, 2.75) is 20.4 Å². The first kappa shape index (κ1) is 13.9. The Bertz CT molecular complexity index is 661. The molecule has 0 unspecified atom stereocenters. The van der Waals surface area contributed by atoms with E-state index in [0.29, 0.717) is 23.6 Å². The second-order valence-electron chi connectivity index (χ2n) is 4.32. The molecule has 7 heteroatoms. The van der Waals surface area contributed by atoms with Crippen LogP contribution < -0.4 is 5.32 Å². The van der Waals surface area contributed by atoms with Gasteiger partial charge in [0.1, 0.15) is 17.3 Å². The summed E-state index contributed by atoms with van der Waals surface area (Å²) in [5, 5.41) is 13.8.